The lowest BCUT2D eigenvalue weighted by molar-refractivity contribution is -0.173. The zero-order valence-electron chi connectivity index (χ0n) is 16.6. The molecule has 0 radical (unpaired) electrons. The second-order valence-corrected chi connectivity index (χ2v) is 7.63. The van der Waals surface area contributed by atoms with Crippen molar-refractivity contribution in [1.29, 1.82) is 0 Å². The van der Waals surface area contributed by atoms with E-state index in [2.05, 4.69) is 4.90 Å². The van der Waals surface area contributed by atoms with E-state index in [0.717, 1.165) is 12.1 Å². The number of carbonyl (C=O) groups is 3. The second-order valence-electron chi connectivity index (χ2n) is 7.63. The van der Waals surface area contributed by atoms with Crippen LogP contribution in [0.2, 0.25) is 0 Å². The zero-order valence-corrected chi connectivity index (χ0v) is 16.6. The van der Waals surface area contributed by atoms with Crippen molar-refractivity contribution in [3.8, 4) is 0 Å². The molecule has 2 saturated heterocycles. The molecule has 8 nitrogen and oxygen atoms in total. The number of carbonyl (C=O) groups excluding carboxylic acids is 3. The number of rotatable bonds is 5. The molecular formula is C20H27NO7. The van der Waals surface area contributed by atoms with Crippen LogP contribution in [0.3, 0.4) is 0 Å². The van der Waals surface area contributed by atoms with Crippen LogP contribution in [0.25, 0.3) is 0 Å². The van der Waals surface area contributed by atoms with Gasteiger partial charge in [0.15, 0.2) is 0 Å². The Hall–Kier alpha value is -2.19. The van der Waals surface area contributed by atoms with Crippen molar-refractivity contribution in [1.82, 2.24) is 4.90 Å². The zero-order chi connectivity index (χ0) is 20.6. The van der Waals surface area contributed by atoms with Crippen LogP contribution in [0.5, 0.6) is 0 Å². The van der Waals surface area contributed by atoms with Gasteiger partial charge in [-0.25, -0.2) is 9.59 Å². The molecule has 0 aliphatic carbocycles. The molecule has 3 heterocycles. The Morgan fingerprint density at radius 2 is 2.14 bits per heavy atom. The average Bonchev–Trinajstić information content (AvgIpc) is 3.31. The molecule has 3 aliphatic heterocycles. The van der Waals surface area contributed by atoms with E-state index < -0.39 is 29.6 Å². The maximum atomic E-state index is 12.5. The molecule has 0 aromatic rings. The van der Waals surface area contributed by atoms with E-state index in [9.17, 15) is 19.5 Å². The smallest absolute Gasteiger partial charge is 0.343 e. The lowest BCUT2D eigenvalue weighted by Gasteiger charge is -2.27. The Morgan fingerprint density at radius 1 is 1.43 bits per heavy atom. The monoisotopic (exact) mass is 393 g/mol. The fraction of sp³-hybridized carbons (Fsp3) is 0.650. The van der Waals surface area contributed by atoms with Gasteiger partial charge in [-0.2, -0.15) is 0 Å². The minimum Gasteiger partial charge on any atom is -0.459 e. The maximum Gasteiger partial charge on any atom is 0.343 e. The van der Waals surface area contributed by atoms with Gasteiger partial charge < -0.3 is 19.3 Å². The van der Waals surface area contributed by atoms with Gasteiger partial charge in [0.2, 0.25) is 5.60 Å². The van der Waals surface area contributed by atoms with Crippen LogP contribution in [0.15, 0.2) is 23.3 Å². The van der Waals surface area contributed by atoms with Crippen molar-refractivity contribution in [2.24, 2.45) is 5.92 Å². The molecule has 28 heavy (non-hydrogen) atoms. The predicted octanol–water partition coefficient (Wildman–Crippen LogP) is 0.734. The van der Waals surface area contributed by atoms with Crippen molar-refractivity contribution in [3.05, 3.63) is 23.3 Å². The van der Waals surface area contributed by atoms with Crippen molar-refractivity contribution in [3.63, 3.8) is 0 Å². The van der Waals surface area contributed by atoms with Gasteiger partial charge >= 0.3 is 17.9 Å². The summed E-state index contributed by atoms with van der Waals surface area (Å²) in [6.07, 6.45) is 3.08. The molecule has 0 unspecified atom stereocenters. The molecule has 2 fully saturated rings. The predicted molar refractivity (Wildman–Crippen MR) is 98.0 cm³/mol. The Balaban J connectivity index is 1.64. The van der Waals surface area contributed by atoms with Crippen LogP contribution in [0.1, 0.15) is 34.1 Å². The van der Waals surface area contributed by atoms with Crippen LogP contribution in [-0.4, -0.2) is 71.5 Å². The quantitative estimate of drug-likeness (QED) is 0.316. The van der Waals surface area contributed by atoms with Crippen LogP contribution in [0.4, 0.5) is 0 Å². The molecule has 0 aromatic heterocycles. The van der Waals surface area contributed by atoms with Crippen molar-refractivity contribution < 1.29 is 33.7 Å². The number of nitrogens with zero attached hydrogens (tertiary/aromatic N) is 1. The number of allylic oxidation sites excluding steroid dienone is 1. The Labute approximate surface area is 164 Å². The molecule has 0 spiro atoms. The summed E-state index contributed by atoms with van der Waals surface area (Å²) in [7, 11) is 0. The Morgan fingerprint density at radius 3 is 2.75 bits per heavy atom. The lowest BCUT2D eigenvalue weighted by atomic mass is 9.87. The normalized spacial score (nSPS) is 35.4. The number of esters is 3. The van der Waals surface area contributed by atoms with E-state index >= 15 is 0 Å². The van der Waals surface area contributed by atoms with Crippen molar-refractivity contribution >= 4 is 17.9 Å². The largest absolute Gasteiger partial charge is 0.459 e. The molecule has 154 valence electrons. The third kappa shape index (κ3) is 3.35. The minimum absolute atomic E-state index is 0.0351. The van der Waals surface area contributed by atoms with Crippen molar-refractivity contribution in [2.75, 3.05) is 19.7 Å². The molecule has 0 bridgehead atoms. The van der Waals surface area contributed by atoms with E-state index in [0.29, 0.717) is 18.5 Å². The Kier molecular flexibility index (Phi) is 5.63. The summed E-state index contributed by atoms with van der Waals surface area (Å²) in [6, 6.07) is -0.146. The highest BCUT2D eigenvalue weighted by Gasteiger charge is 2.59. The van der Waals surface area contributed by atoms with Crippen LogP contribution >= 0.6 is 0 Å². The molecule has 1 N–H and O–H groups in total. The lowest BCUT2D eigenvalue weighted by Crippen LogP contribution is -2.50. The second kappa shape index (κ2) is 7.67. The van der Waals surface area contributed by atoms with Gasteiger partial charge in [0.1, 0.15) is 18.8 Å². The van der Waals surface area contributed by atoms with Crippen LogP contribution in [0, 0.1) is 5.92 Å². The minimum atomic E-state index is -2.00. The number of hydrogen-bond donors (Lipinski definition) is 1. The van der Waals surface area contributed by atoms with Gasteiger partial charge in [-0.3, -0.25) is 9.69 Å². The summed E-state index contributed by atoms with van der Waals surface area (Å²) in [6.45, 7) is 7.83. The third-order valence-corrected chi connectivity index (χ3v) is 6.05. The van der Waals surface area contributed by atoms with Gasteiger partial charge in [-0.1, -0.05) is 12.2 Å². The molecule has 0 amide bonds. The summed E-state index contributed by atoms with van der Waals surface area (Å²) < 4.78 is 16.0. The fourth-order valence-electron chi connectivity index (χ4n) is 3.98. The average molecular weight is 393 g/mol. The Bertz CT molecular complexity index is 743. The van der Waals surface area contributed by atoms with E-state index in [1.807, 2.05) is 6.08 Å². The van der Waals surface area contributed by atoms with E-state index in [1.54, 1.807) is 19.9 Å². The summed E-state index contributed by atoms with van der Waals surface area (Å²) in [4.78, 5) is 38.5. The van der Waals surface area contributed by atoms with Gasteiger partial charge in [0, 0.05) is 18.7 Å². The number of aliphatic hydroxyl groups is 1. The number of ether oxygens (including phenoxy) is 3. The molecule has 3 rings (SSSR count). The van der Waals surface area contributed by atoms with E-state index in [4.69, 9.17) is 14.2 Å². The summed E-state index contributed by atoms with van der Waals surface area (Å²) in [5.41, 5.74) is -0.624. The first-order valence-electron chi connectivity index (χ1n) is 9.57. The number of fused-ring (bicyclic) bond motifs is 1. The highest BCUT2D eigenvalue weighted by atomic mass is 16.6. The molecule has 0 aromatic carbocycles. The summed E-state index contributed by atoms with van der Waals surface area (Å²) in [5, 5.41) is 10.7. The van der Waals surface area contributed by atoms with Crippen LogP contribution < -0.4 is 0 Å². The molecular weight excluding hydrogens is 366 g/mol. The molecule has 5 atom stereocenters. The first kappa shape index (κ1) is 20.5. The summed E-state index contributed by atoms with van der Waals surface area (Å²) >= 11 is 0. The first-order valence-corrected chi connectivity index (χ1v) is 9.57. The van der Waals surface area contributed by atoms with E-state index in [-0.39, 0.29) is 24.7 Å². The molecule has 0 saturated carbocycles. The topological polar surface area (TPSA) is 102 Å². The van der Waals surface area contributed by atoms with Crippen LogP contribution in [-0.2, 0) is 28.6 Å². The summed E-state index contributed by atoms with van der Waals surface area (Å²) in [5.74, 6) is -2.85. The fourth-order valence-corrected chi connectivity index (χ4v) is 3.98. The highest BCUT2D eigenvalue weighted by molar-refractivity contribution is 5.91. The van der Waals surface area contributed by atoms with Gasteiger partial charge in [0.25, 0.3) is 0 Å². The van der Waals surface area contributed by atoms with Gasteiger partial charge in [0.05, 0.1) is 12.0 Å². The highest BCUT2D eigenvalue weighted by Crippen LogP contribution is 2.35. The molecule has 8 heteroatoms. The SMILES string of the molecule is C/C=C(/C)C(=O)O[C@@H]1CCN2CC=C(COC(=O)[C@]3(O)[C@H](C)C(=O)O[C@@H]3C)[C@H]12. The van der Waals surface area contributed by atoms with Crippen molar-refractivity contribution in [2.45, 2.75) is 58.0 Å². The third-order valence-electron chi connectivity index (χ3n) is 6.05. The van der Waals surface area contributed by atoms with E-state index in [1.165, 1.54) is 13.8 Å². The standard InChI is InChI=1S/C20H27NO7/c1-5-11(2)17(22)28-15-7-9-21-8-6-14(16(15)21)10-26-19(24)20(25)12(3)18(23)27-13(20)4/h5-6,12-13,15-16,25H,7-10H2,1-4H3/b11-5-/t12-,13-,15-,16-,20+/m1/s1. The number of cyclic esters (lactones) is 1. The van der Waals surface area contributed by atoms with Gasteiger partial charge in [-0.05, 0) is 39.7 Å². The molecule has 3 aliphatic rings. The first-order chi connectivity index (χ1) is 13.2. The number of hydrogen-bond acceptors (Lipinski definition) is 8. The van der Waals surface area contributed by atoms with Gasteiger partial charge in [-0.15, -0.1) is 0 Å². The maximum absolute atomic E-state index is 12.5.